The molecule has 152 valence electrons. The smallest absolute Gasteiger partial charge is 0.0547 e. The Morgan fingerprint density at radius 1 is 0.531 bits per heavy atom. The topological polar surface area (TPSA) is 4.93 Å². The van der Waals surface area contributed by atoms with Gasteiger partial charge in [-0.15, -0.1) is 0 Å². The van der Waals surface area contributed by atoms with Crippen molar-refractivity contribution in [3.8, 4) is 27.9 Å². The third-order valence-electron chi connectivity index (χ3n) is 7.10. The highest BCUT2D eigenvalue weighted by molar-refractivity contribution is 6.30. The van der Waals surface area contributed by atoms with Crippen LogP contribution < -0.4 is 0 Å². The minimum absolute atomic E-state index is 0.495. The fourth-order valence-corrected chi connectivity index (χ4v) is 5.61. The fraction of sp³-hybridized carbons (Fsp3) is 0.0968. The maximum atomic E-state index is 2.43. The van der Waals surface area contributed by atoms with Crippen molar-refractivity contribution in [3.05, 3.63) is 103 Å². The van der Waals surface area contributed by atoms with E-state index in [0.717, 1.165) is 0 Å². The van der Waals surface area contributed by atoms with Crippen LogP contribution in [0.25, 0.3) is 60.5 Å². The van der Waals surface area contributed by atoms with Gasteiger partial charge >= 0.3 is 0 Å². The van der Waals surface area contributed by atoms with Crippen molar-refractivity contribution in [2.24, 2.45) is 0 Å². The fourth-order valence-electron chi connectivity index (χ4n) is 5.61. The molecule has 1 aliphatic rings. The van der Waals surface area contributed by atoms with Gasteiger partial charge in [-0.3, -0.25) is 0 Å². The quantitative estimate of drug-likeness (QED) is 0.269. The van der Waals surface area contributed by atoms with E-state index in [0.29, 0.717) is 5.92 Å². The van der Waals surface area contributed by atoms with Gasteiger partial charge < -0.3 is 4.57 Å². The number of nitrogens with zero attached hydrogens (tertiary/aromatic N) is 1. The van der Waals surface area contributed by atoms with E-state index in [9.17, 15) is 0 Å². The summed E-state index contributed by atoms with van der Waals surface area (Å²) in [5.74, 6) is 0.495. The van der Waals surface area contributed by atoms with Crippen LogP contribution >= 0.6 is 0 Å². The Hall–Kier alpha value is -3.84. The molecule has 1 heteroatoms. The van der Waals surface area contributed by atoms with Crippen LogP contribution in [0.3, 0.4) is 0 Å². The summed E-state index contributed by atoms with van der Waals surface area (Å²) in [5, 5.41) is 5.41. The lowest BCUT2D eigenvalue weighted by Gasteiger charge is -2.16. The van der Waals surface area contributed by atoms with Gasteiger partial charge in [0, 0.05) is 16.5 Å². The van der Waals surface area contributed by atoms with E-state index in [-0.39, 0.29) is 0 Å². The molecule has 0 saturated carbocycles. The summed E-state index contributed by atoms with van der Waals surface area (Å²) < 4.78 is 2.43. The summed E-state index contributed by atoms with van der Waals surface area (Å²) in [6.45, 7) is 4.55. The number of aromatic nitrogens is 1. The SMILES string of the molecule is CC(C)c1ccc2c(c1)-c1cccc3c1c1c4c-2cccc4ccc1n3-c1ccccc1. The molecule has 0 atom stereocenters. The van der Waals surface area contributed by atoms with Crippen LogP contribution in [0.5, 0.6) is 0 Å². The standard InChI is InChI=1S/C31H23N/c1-19(2)21-14-16-23-24-11-6-8-20-15-17-28-31(29(20)24)30-25(26(23)18-21)12-7-13-27(30)32(28)22-9-4-3-5-10-22/h3-19H,1-2H3. The predicted octanol–water partition coefficient (Wildman–Crippen LogP) is 8.71. The van der Waals surface area contributed by atoms with E-state index in [4.69, 9.17) is 0 Å². The first-order valence-corrected chi connectivity index (χ1v) is 11.4. The highest BCUT2D eigenvalue weighted by Crippen LogP contribution is 2.49. The van der Waals surface area contributed by atoms with E-state index in [1.165, 1.54) is 66.1 Å². The van der Waals surface area contributed by atoms with Crippen molar-refractivity contribution in [2.75, 3.05) is 0 Å². The van der Waals surface area contributed by atoms with Crippen LogP contribution in [0, 0.1) is 0 Å². The summed E-state index contributed by atoms with van der Waals surface area (Å²) in [7, 11) is 0. The Bertz CT molecular complexity index is 1680. The average molecular weight is 410 g/mol. The summed E-state index contributed by atoms with van der Waals surface area (Å²) in [6, 6.07) is 36.0. The van der Waals surface area contributed by atoms with Gasteiger partial charge in [0.05, 0.1) is 11.0 Å². The van der Waals surface area contributed by atoms with Gasteiger partial charge in [-0.05, 0) is 68.8 Å². The van der Waals surface area contributed by atoms with Gasteiger partial charge in [0.25, 0.3) is 0 Å². The first-order chi connectivity index (χ1) is 15.7. The largest absolute Gasteiger partial charge is 0.309 e. The maximum Gasteiger partial charge on any atom is 0.0547 e. The molecule has 0 radical (unpaired) electrons. The molecule has 6 aromatic rings. The van der Waals surface area contributed by atoms with Gasteiger partial charge in [-0.1, -0.05) is 86.6 Å². The number of rotatable bonds is 2. The zero-order valence-corrected chi connectivity index (χ0v) is 18.3. The molecule has 0 spiro atoms. The van der Waals surface area contributed by atoms with Gasteiger partial charge in [-0.25, -0.2) is 0 Å². The number of hydrogen-bond donors (Lipinski definition) is 0. The van der Waals surface area contributed by atoms with Gasteiger partial charge in [0.1, 0.15) is 0 Å². The van der Waals surface area contributed by atoms with E-state index in [1.54, 1.807) is 0 Å². The highest BCUT2D eigenvalue weighted by Gasteiger charge is 2.24. The van der Waals surface area contributed by atoms with Crippen molar-refractivity contribution >= 4 is 32.6 Å². The minimum Gasteiger partial charge on any atom is -0.309 e. The number of para-hydroxylation sites is 1. The van der Waals surface area contributed by atoms with E-state index in [1.807, 2.05) is 0 Å². The van der Waals surface area contributed by atoms with E-state index in [2.05, 4.69) is 115 Å². The maximum absolute atomic E-state index is 2.43. The lowest BCUT2D eigenvalue weighted by atomic mass is 9.89. The van der Waals surface area contributed by atoms with Crippen LogP contribution in [0.2, 0.25) is 0 Å². The van der Waals surface area contributed by atoms with Crippen LogP contribution in [0.4, 0.5) is 0 Å². The molecule has 7 rings (SSSR count). The number of fused-ring (bicyclic) bond motifs is 3. The molecular formula is C31H23N. The monoisotopic (exact) mass is 409 g/mol. The number of benzene rings is 5. The normalized spacial score (nSPS) is 12.3. The third-order valence-corrected chi connectivity index (χ3v) is 7.10. The third kappa shape index (κ3) is 2.23. The summed E-state index contributed by atoms with van der Waals surface area (Å²) in [5.41, 5.74) is 10.5. The molecular weight excluding hydrogens is 386 g/mol. The molecule has 32 heavy (non-hydrogen) atoms. The summed E-state index contributed by atoms with van der Waals surface area (Å²) in [4.78, 5) is 0. The summed E-state index contributed by atoms with van der Waals surface area (Å²) >= 11 is 0. The molecule has 1 nitrogen and oxygen atoms in total. The Labute approximate surface area is 187 Å². The Morgan fingerprint density at radius 2 is 1.28 bits per heavy atom. The van der Waals surface area contributed by atoms with Gasteiger partial charge in [0.15, 0.2) is 0 Å². The van der Waals surface area contributed by atoms with Crippen molar-refractivity contribution < 1.29 is 0 Å². The molecule has 5 aromatic carbocycles. The number of hydrogen-bond acceptors (Lipinski definition) is 0. The summed E-state index contributed by atoms with van der Waals surface area (Å²) in [6.07, 6.45) is 0. The Balaban J connectivity index is 1.77. The zero-order valence-electron chi connectivity index (χ0n) is 18.3. The molecule has 0 amide bonds. The molecule has 0 bridgehead atoms. The molecule has 1 aliphatic carbocycles. The zero-order chi connectivity index (χ0) is 21.4. The van der Waals surface area contributed by atoms with Crippen LogP contribution in [0.1, 0.15) is 25.3 Å². The molecule has 1 aromatic heterocycles. The Morgan fingerprint density at radius 3 is 2.09 bits per heavy atom. The van der Waals surface area contributed by atoms with Crippen molar-refractivity contribution in [1.82, 2.24) is 4.57 Å². The second-order valence-corrected chi connectivity index (χ2v) is 9.19. The first-order valence-electron chi connectivity index (χ1n) is 11.4. The molecule has 0 saturated heterocycles. The second-order valence-electron chi connectivity index (χ2n) is 9.19. The van der Waals surface area contributed by atoms with Crippen LogP contribution in [-0.2, 0) is 0 Å². The highest BCUT2D eigenvalue weighted by atomic mass is 15.0. The van der Waals surface area contributed by atoms with E-state index >= 15 is 0 Å². The first kappa shape index (κ1) is 17.8. The second kappa shape index (κ2) is 6.34. The van der Waals surface area contributed by atoms with Crippen LogP contribution in [0.15, 0.2) is 97.1 Å². The van der Waals surface area contributed by atoms with Gasteiger partial charge in [0.2, 0.25) is 0 Å². The Kier molecular flexibility index (Phi) is 3.52. The van der Waals surface area contributed by atoms with Crippen LogP contribution in [-0.4, -0.2) is 4.57 Å². The lowest BCUT2D eigenvalue weighted by molar-refractivity contribution is 0.867. The molecule has 0 N–H and O–H groups in total. The van der Waals surface area contributed by atoms with Crippen molar-refractivity contribution in [2.45, 2.75) is 19.8 Å². The lowest BCUT2D eigenvalue weighted by Crippen LogP contribution is -1.95. The predicted molar refractivity (Wildman–Crippen MR) is 137 cm³/mol. The minimum atomic E-state index is 0.495. The van der Waals surface area contributed by atoms with Crippen molar-refractivity contribution in [1.29, 1.82) is 0 Å². The average Bonchev–Trinajstić information content (AvgIpc) is 3.12. The molecule has 0 fully saturated rings. The molecule has 0 unspecified atom stereocenters. The molecule has 0 aliphatic heterocycles. The van der Waals surface area contributed by atoms with E-state index < -0.39 is 0 Å². The van der Waals surface area contributed by atoms with Gasteiger partial charge in [-0.2, -0.15) is 0 Å². The molecule has 1 heterocycles. The van der Waals surface area contributed by atoms with Crippen molar-refractivity contribution in [3.63, 3.8) is 0 Å².